The van der Waals surface area contributed by atoms with Crippen molar-refractivity contribution in [3.05, 3.63) is 0 Å². The molecule has 1 rings (SSSR count). The summed E-state index contributed by atoms with van der Waals surface area (Å²) in [7, 11) is 0. The Morgan fingerprint density at radius 2 is 2.40 bits per heavy atom. The Hall–Kier alpha value is -0.160. The van der Waals surface area contributed by atoms with E-state index in [0.717, 1.165) is 12.2 Å². The van der Waals surface area contributed by atoms with Crippen molar-refractivity contribution in [2.45, 2.75) is 31.4 Å². The second kappa shape index (κ2) is 2.84. The molecule has 2 atom stereocenters. The van der Waals surface area contributed by atoms with Crippen LogP contribution in [0.3, 0.4) is 0 Å². The molecular formula is C8H13NS. The molecule has 0 bridgehead atoms. The van der Waals surface area contributed by atoms with Gasteiger partial charge in [-0.2, -0.15) is 5.26 Å². The van der Waals surface area contributed by atoms with Gasteiger partial charge in [-0.05, 0) is 24.5 Å². The summed E-state index contributed by atoms with van der Waals surface area (Å²) in [5, 5.41) is 8.78. The average Bonchev–Trinajstić information content (AvgIpc) is 2.59. The summed E-state index contributed by atoms with van der Waals surface area (Å²) in [6, 6.07) is 2.40. The van der Waals surface area contributed by atoms with Crippen LogP contribution in [0.1, 0.15) is 26.7 Å². The molecule has 1 fully saturated rings. The summed E-state index contributed by atoms with van der Waals surface area (Å²) in [4.78, 5) is 0. The highest BCUT2D eigenvalue weighted by atomic mass is 32.2. The summed E-state index contributed by atoms with van der Waals surface area (Å²) < 4.78 is 0.0238. The van der Waals surface area contributed by atoms with Crippen molar-refractivity contribution in [3.63, 3.8) is 0 Å². The van der Waals surface area contributed by atoms with E-state index in [1.54, 1.807) is 0 Å². The summed E-state index contributed by atoms with van der Waals surface area (Å²) in [6.45, 7) is 4.32. The molecule has 0 aromatic rings. The van der Waals surface area contributed by atoms with Gasteiger partial charge in [0.2, 0.25) is 0 Å². The maximum atomic E-state index is 8.78. The number of nitriles is 1. The highest BCUT2D eigenvalue weighted by Crippen LogP contribution is 2.53. The Labute approximate surface area is 66.8 Å². The highest BCUT2D eigenvalue weighted by molar-refractivity contribution is 8.01. The van der Waals surface area contributed by atoms with E-state index >= 15 is 0 Å². The van der Waals surface area contributed by atoms with Crippen molar-refractivity contribution in [3.8, 4) is 6.07 Å². The third-order valence-electron chi connectivity index (χ3n) is 2.00. The first kappa shape index (κ1) is 7.94. The number of hydrogen-bond acceptors (Lipinski definition) is 2. The van der Waals surface area contributed by atoms with Crippen molar-refractivity contribution in [1.82, 2.24) is 0 Å². The van der Waals surface area contributed by atoms with Gasteiger partial charge in [-0.15, -0.1) is 11.8 Å². The van der Waals surface area contributed by atoms with Gasteiger partial charge >= 0.3 is 0 Å². The fourth-order valence-corrected chi connectivity index (χ4v) is 2.35. The maximum Gasteiger partial charge on any atom is 0.105 e. The smallest absolute Gasteiger partial charge is 0.105 e. The first-order chi connectivity index (χ1) is 4.75. The van der Waals surface area contributed by atoms with Crippen LogP contribution < -0.4 is 0 Å². The molecule has 1 nitrogen and oxygen atoms in total. The summed E-state index contributed by atoms with van der Waals surface area (Å²) in [5.41, 5.74) is 0. The Morgan fingerprint density at radius 1 is 1.80 bits per heavy atom. The molecule has 1 saturated carbocycles. The fourth-order valence-electron chi connectivity index (χ4n) is 1.07. The van der Waals surface area contributed by atoms with Gasteiger partial charge in [0.1, 0.15) is 4.75 Å². The minimum Gasteiger partial charge on any atom is -0.197 e. The monoisotopic (exact) mass is 155 g/mol. The van der Waals surface area contributed by atoms with Crippen molar-refractivity contribution in [1.29, 1.82) is 5.26 Å². The molecule has 0 aromatic carbocycles. The van der Waals surface area contributed by atoms with Crippen molar-refractivity contribution in [2.24, 2.45) is 5.92 Å². The molecule has 1 aliphatic rings. The van der Waals surface area contributed by atoms with E-state index in [1.165, 1.54) is 6.42 Å². The normalized spacial score (nSPS) is 37.1. The van der Waals surface area contributed by atoms with Crippen molar-refractivity contribution < 1.29 is 0 Å². The predicted octanol–water partition coefficient (Wildman–Crippen LogP) is 2.43. The Morgan fingerprint density at radius 3 is 2.70 bits per heavy atom. The van der Waals surface area contributed by atoms with Gasteiger partial charge in [-0.1, -0.05) is 13.8 Å². The number of nitrogens with zero attached hydrogens (tertiary/aromatic N) is 1. The van der Waals surface area contributed by atoms with E-state index in [9.17, 15) is 0 Å². The minimum absolute atomic E-state index is 0.0238. The lowest BCUT2D eigenvalue weighted by Crippen LogP contribution is -2.01. The highest BCUT2D eigenvalue weighted by Gasteiger charge is 2.52. The van der Waals surface area contributed by atoms with Crippen LogP contribution in [0, 0.1) is 17.2 Å². The Kier molecular flexibility index (Phi) is 2.25. The third-order valence-corrected chi connectivity index (χ3v) is 3.79. The van der Waals surface area contributed by atoms with Crippen LogP contribution in [0.25, 0.3) is 0 Å². The van der Waals surface area contributed by atoms with Crippen molar-refractivity contribution in [2.75, 3.05) is 5.75 Å². The largest absolute Gasteiger partial charge is 0.197 e. The molecule has 0 N–H and O–H groups in total. The lowest BCUT2D eigenvalue weighted by atomic mass is 10.4. The molecular weight excluding hydrogens is 142 g/mol. The SMILES string of the molecule is CCCSC1(C#N)CC1C. The standard InChI is InChI=1S/C8H13NS/c1-3-4-10-8(6-9)5-7(8)2/h7H,3-5H2,1-2H3. The summed E-state index contributed by atoms with van der Waals surface area (Å²) in [5.74, 6) is 1.77. The molecule has 2 unspecified atom stereocenters. The van der Waals surface area contributed by atoms with E-state index in [-0.39, 0.29) is 4.75 Å². The molecule has 0 heterocycles. The number of rotatable bonds is 3. The molecule has 56 valence electrons. The summed E-state index contributed by atoms with van der Waals surface area (Å²) >= 11 is 1.84. The molecule has 2 heteroatoms. The van der Waals surface area contributed by atoms with E-state index in [1.807, 2.05) is 11.8 Å². The second-order valence-electron chi connectivity index (χ2n) is 2.95. The third kappa shape index (κ3) is 1.29. The van der Waals surface area contributed by atoms with Gasteiger partial charge < -0.3 is 0 Å². The zero-order valence-corrected chi connectivity index (χ0v) is 7.37. The number of thioether (sulfide) groups is 1. The maximum absolute atomic E-state index is 8.78. The molecule has 0 spiro atoms. The first-order valence-corrected chi connectivity index (χ1v) is 4.79. The minimum atomic E-state index is 0.0238. The summed E-state index contributed by atoms with van der Waals surface area (Å²) in [6.07, 6.45) is 2.29. The van der Waals surface area contributed by atoms with Gasteiger partial charge in [-0.25, -0.2) is 0 Å². The molecule has 0 saturated heterocycles. The van der Waals surface area contributed by atoms with E-state index in [4.69, 9.17) is 5.26 Å². The first-order valence-electron chi connectivity index (χ1n) is 3.80. The van der Waals surface area contributed by atoms with Gasteiger partial charge in [-0.3, -0.25) is 0 Å². The lowest BCUT2D eigenvalue weighted by molar-refractivity contribution is 0.933. The lowest BCUT2D eigenvalue weighted by Gasteiger charge is -2.03. The van der Waals surface area contributed by atoms with Crippen LogP contribution in [-0.2, 0) is 0 Å². The Bertz CT molecular complexity index is 161. The van der Waals surface area contributed by atoms with Gasteiger partial charge in [0.05, 0.1) is 6.07 Å². The van der Waals surface area contributed by atoms with Crippen LogP contribution in [-0.4, -0.2) is 10.5 Å². The van der Waals surface area contributed by atoms with E-state index in [0.29, 0.717) is 5.92 Å². The molecule has 0 aliphatic heterocycles. The molecule has 0 aromatic heterocycles. The van der Waals surface area contributed by atoms with Gasteiger partial charge in [0, 0.05) is 0 Å². The number of hydrogen-bond donors (Lipinski definition) is 0. The van der Waals surface area contributed by atoms with Crippen LogP contribution in [0.5, 0.6) is 0 Å². The predicted molar refractivity (Wildman–Crippen MR) is 44.9 cm³/mol. The van der Waals surface area contributed by atoms with Crippen LogP contribution in [0.2, 0.25) is 0 Å². The second-order valence-corrected chi connectivity index (χ2v) is 4.38. The molecule has 0 radical (unpaired) electrons. The van der Waals surface area contributed by atoms with Crippen LogP contribution in [0.4, 0.5) is 0 Å². The molecule has 0 amide bonds. The van der Waals surface area contributed by atoms with E-state index in [2.05, 4.69) is 19.9 Å². The molecule has 1 aliphatic carbocycles. The Balaban J connectivity index is 2.32. The van der Waals surface area contributed by atoms with Gasteiger partial charge in [0.25, 0.3) is 0 Å². The van der Waals surface area contributed by atoms with Crippen LogP contribution in [0.15, 0.2) is 0 Å². The zero-order chi connectivity index (χ0) is 7.61. The van der Waals surface area contributed by atoms with Crippen LogP contribution >= 0.6 is 11.8 Å². The van der Waals surface area contributed by atoms with Gasteiger partial charge in [0.15, 0.2) is 0 Å². The topological polar surface area (TPSA) is 23.8 Å². The average molecular weight is 155 g/mol. The fraction of sp³-hybridized carbons (Fsp3) is 0.875. The zero-order valence-electron chi connectivity index (χ0n) is 6.55. The van der Waals surface area contributed by atoms with Crippen molar-refractivity contribution >= 4 is 11.8 Å². The molecule has 10 heavy (non-hydrogen) atoms. The van der Waals surface area contributed by atoms with E-state index < -0.39 is 0 Å². The quantitative estimate of drug-likeness (QED) is 0.625.